The molecule has 0 atom stereocenters. The van der Waals surface area contributed by atoms with Gasteiger partial charge >= 0.3 is 0 Å². The van der Waals surface area contributed by atoms with Gasteiger partial charge in [0.2, 0.25) is 0 Å². The first-order chi connectivity index (χ1) is 11.8. The minimum absolute atomic E-state index is 0.175. The predicted octanol–water partition coefficient (Wildman–Crippen LogP) is 4.19. The lowest BCUT2D eigenvalue weighted by atomic mass is 9.86. The number of methoxy groups -OCH3 is 2. The summed E-state index contributed by atoms with van der Waals surface area (Å²) in [5.74, 6) is 1.97. The zero-order valence-electron chi connectivity index (χ0n) is 14.0. The third kappa shape index (κ3) is 3.43. The lowest BCUT2D eigenvalue weighted by Crippen LogP contribution is -2.07. The Morgan fingerprint density at radius 1 is 0.917 bits per heavy atom. The normalized spacial score (nSPS) is 10.8. The first kappa shape index (κ1) is 16.1. The van der Waals surface area contributed by atoms with Crippen molar-refractivity contribution in [1.29, 1.82) is 0 Å². The van der Waals surface area contributed by atoms with Gasteiger partial charge in [-0.3, -0.25) is 0 Å². The number of benzene rings is 2. The molecule has 0 radical (unpaired) electrons. The van der Waals surface area contributed by atoms with E-state index < -0.39 is 0 Å². The van der Waals surface area contributed by atoms with Gasteiger partial charge < -0.3 is 14.5 Å². The Bertz CT molecular complexity index is 721. The fraction of sp³-hybridized carbons (Fsp3) is 0.250. The second-order valence-electron chi connectivity index (χ2n) is 5.64. The van der Waals surface area contributed by atoms with Gasteiger partial charge in [0.25, 0.3) is 0 Å². The number of hydrogen-bond acceptors (Lipinski definition) is 3. The van der Waals surface area contributed by atoms with Crippen LogP contribution < -0.4 is 9.47 Å². The number of rotatable bonds is 7. The van der Waals surface area contributed by atoms with Crippen LogP contribution in [0.4, 0.5) is 0 Å². The van der Waals surface area contributed by atoms with E-state index in [4.69, 9.17) is 9.47 Å². The Hall–Kier alpha value is -2.75. The number of aromatic amines is 1. The van der Waals surface area contributed by atoms with Gasteiger partial charge in [0.1, 0.15) is 11.5 Å². The highest BCUT2D eigenvalue weighted by Gasteiger charge is 2.21. The van der Waals surface area contributed by atoms with Crippen LogP contribution in [0.1, 0.15) is 29.2 Å². The molecule has 1 aromatic heterocycles. The van der Waals surface area contributed by atoms with Crippen molar-refractivity contribution >= 4 is 0 Å². The summed E-state index contributed by atoms with van der Waals surface area (Å²) in [4.78, 5) is 7.36. The SMILES string of the molecule is COc1ccccc1C(CCc1c[nH]cn1)c1ccccc1OC. The summed E-state index contributed by atoms with van der Waals surface area (Å²) in [5.41, 5.74) is 3.39. The number of ether oxygens (including phenoxy) is 2. The number of nitrogens with one attached hydrogen (secondary N) is 1. The number of aromatic nitrogens is 2. The molecule has 0 aliphatic heterocycles. The van der Waals surface area contributed by atoms with Crippen LogP contribution in [0.15, 0.2) is 61.1 Å². The first-order valence-corrected chi connectivity index (χ1v) is 8.07. The minimum Gasteiger partial charge on any atom is -0.496 e. The van der Waals surface area contributed by atoms with Crippen LogP contribution in [0.5, 0.6) is 11.5 Å². The van der Waals surface area contributed by atoms with E-state index in [9.17, 15) is 0 Å². The maximum Gasteiger partial charge on any atom is 0.122 e. The molecule has 0 amide bonds. The van der Waals surface area contributed by atoms with E-state index in [0.717, 1.165) is 30.0 Å². The molecule has 1 N–H and O–H groups in total. The largest absolute Gasteiger partial charge is 0.496 e. The van der Waals surface area contributed by atoms with Gasteiger partial charge in [-0.15, -0.1) is 0 Å². The molecule has 4 heteroatoms. The number of H-pyrrole nitrogens is 1. The Morgan fingerprint density at radius 3 is 2.00 bits per heavy atom. The number of nitrogens with zero attached hydrogens (tertiary/aromatic N) is 1. The van der Waals surface area contributed by atoms with Gasteiger partial charge in [-0.25, -0.2) is 4.98 Å². The molecule has 0 unspecified atom stereocenters. The number of para-hydroxylation sites is 2. The van der Waals surface area contributed by atoms with E-state index in [-0.39, 0.29) is 5.92 Å². The zero-order chi connectivity index (χ0) is 16.8. The second-order valence-corrected chi connectivity index (χ2v) is 5.64. The molecular formula is C20H22N2O2. The summed E-state index contributed by atoms with van der Waals surface area (Å²) < 4.78 is 11.2. The quantitative estimate of drug-likeness (QED) is 0.709. The summed E-state index contributed by atoms with van der Waals surface area (Å²) in [6, 6.07) is 16.4. The van der Waals surface area contributed by atoms with Gasteiger partial charge in [0.15, 0.2) is 0 Å². The van der Waals surface area contributed by atoms with E-state index in [0.29, 0.717) is 0 Å². The number of aryl methyl sites for hydroxylation is 1. The van der Waals surface area contributed by atoms with E-state index >= 15 is 0 Å². The van der Waals surface area contributed by atoms with Gasteiger partial charge in [-0.1, -0.05) is 36.4 Å². The van der Waals surface area contributed by atoms with Crippen LogP contribution in [0.3, 0.4) is 0 Å². The third-order valence-electron chi connectivity index (χ3n) is 4.27. The summed E-state index contributed by atoms with van der Waals surface area (Å²) in [5, 5.41) is 0. The molecule has 2 aromatic carbocycles. The molecular weight excluding hydrogens is 300 g/mol. The van der Waals surface area contributed by atoms with Gasteiger partial charge in [-0.05, 0) is 25.0 Å². The Labute approximate surface area is 142 Å². The monoisotopic (exact) mass is 322 g/mol. The molecule has 4 nitrogen and oxygen atoms in total. The summed E-state index contributed by atoms with van der Waals surface area (Å²) in [6.07, 6.45) is 5.47. The molecule has 24 heavy (non-hydrogen) atoms. The van der Waals surface area contributed by atoms with Crippen LogP contribution in [0, 0.1) is 0 Å². The van der Waals surface area contributed by atoms with Crippen molar-refractivity contribution in [3.63, 3.8) is 0 Å². The number of imidazole rings is 1. The second kappa shape index (κ2) is 7.68. The van der Waals surface area contributed by atoms with E-state index in [2.05, 4.69) is 34.2 Å². The van der Waals surface area contributed by atoms with Gasteiger partial charge in [0.05, 0.1) is 26.2 Å². The predicted molar refractivity (Wildman–Crippen MR) is 94.7 cm³/mol. The molecule has 0 aliphatic rings. The maximum atomic E-state index is 5.60. The summed E-state index contributed by atoms with van der Waals surface area (Å²) >= 11 is 0. The highest BCUT2D eigenvalue weighted by Crippen LogP contribution is 2.39. The fourth-order valence-electron chi connectivity index (χ4n) is 3.11. The van der Waals surface area contributed by atoms with Crippen molar-refractivity contribution in [2.45, 2.75) is 18.8 Å². The lowest BCUT2D eigenvalue weighted by molar-refractivity contribution is 0.398. The Kier molecular flexibility index (Phi) is 5.16. The number of hydrogen-bond donors (Lipinski definition) is 1. The molecule has 0 aliphatic carbocycles. The van der Waals surface area contributed by atoms with Crippen LogP contribution in [-0.2, 0) is 6.42 Å². The molecule has 0 saturated heterocycles. The topological polar surface area (TPSA) is 47.1 Å². The average molecular weight is 322 g/mol. The maximum absolute atomic E-state index is 5.60. The lowest BCUT2D eigenvalue weighted by Gasteiger charge is -2.22. The summed E-state index contributed by atoms with van der Waals surface area (Å²) in [6.45, 7) is 0. The standard InChI is InChI=1S/C20H22N2O2/c1-23-19-9-5-3-7-17(19)16(12-11-15-13-21-14-22-15)18-8-4-6-10-20(18)24-2/h3-10,13-14,16H,11-12H2,1-2H3,(H,21,22). The molecule has 3 aromatic rings. The molecule has 3 rings (SSSR count). The van der Waals surface area contributed by atoms with Crippen LogP contribution in [-0.4, -0.2) is 24.2 Å². The minimum atomic E-state index is 0.175. The van der Waals surface area contributed by atoms with Crippen molar-refractivity contribution in [2.75, 3.05) is 14.2 Å². The molecule has 0 spiro atoms. The van der Waals surface area contributed by atoms with Crippen LogP contribution in [0.25, 0.3) is 0 Å². The van der Waals surface area contributed by atoms with Crippen molar-refractivity contribution in [2.24, 2.45) is 0 Å². The van der Waals surface area contributed by atoms with E-state index in [1.807, 2.05) is 30.5 Å². The molecule has 124 valence electrons. The average Bonchev–Trinajstić information content (AvgIpc) is 3.16. The van der Waals surface area contributed by atoms with Crippen molar-refractivity contribution < 1.29 is 9.47 Å². The van der Waals surface area contributed by atoms with Crippen molar-refractivity contribution in [3.05, 3.63) is 77.9 Å². The molecule has 1 heterocycles. The third-order valence-corrected chi connectivity index (χ3v) is 4.27. The van der Waals surface area contributed by atoms with Crippen molar-refractivity contribution in [1.82, 2.24) is 9.97 Å². The Morgan fingerprint density at radius 2 is 1.50 bits per heavy atom. The highest BCUT2D eigenvalue weighted by molar-refractivity contribution is 5.47. The van der Waals surface area contributed by atoms with Gasteiger partial charge in [0, 0.05) is 23.2 Å². The molecule has 0 saturated carbocycles. The fourth-order valence-corrected chi connectivity index (χ4v) is 3.11. The van der Waals surface area contributed by atoms with E-state index in [1.54, 1.807) is 20.5 Å². The zero-order valence-corrected chi connectivity index (χ0v) is 14.0. The smallest absolute Gasteiger partial charge is 0.122 e. The Balaban J connectivity index is 1.99. The van der Waals surface area contributed by atoms with Crippen molar-refractivity contribution in [3.8, 4) is 11.5 Å². The molecule has 0 bridgehead atoms. The van der Waals surface area contributed by atoms with Gasteiger partial charge in [-0.2, -0.15) is 0 Å². The van der Waals surface area contributed by atoms with E-state index in [1.165, 1.54) is 11.1 Å². The van der Waals surface area contributed by atoms with Crippen LogP contribution in [0.2, 0.25) is 0 Å². The molecule has 0 fully saturated rings. The highest BCUT2D eigenvalue weighted by atomic mass is 16.5. The first-order valence-electron chi connectivity index (χ1n) is 8.07. The summed E-state index contributed by atoms with van der Waals surface area (Å²) in [7, 11) is 3.43. The van der Waals surface area contributed by atoms with Crippen LogP contribution >= 0.6 is 0 Å².